The first-order valence-corrected chi connectivity index (χ1v) is 8.17. The molecule has 3 rings (SSSR count). The van der Waals surface area contributed by atoms with Crippen LogP contribution < -0.4 is 9.47 Å². The summed E-state index contributed by atoms with van der Waals surface area (Å²) in [4.78, 5) is 14.4. The predicted molar refractivity (Wildman–Crippen MR) is 86.5 cm³/mol. The molecule has 0 spiro atoms. The van der Waals surface area contributed by atoms with E-state index in [2.05, 4.69) is 5.38 Å². The third-order valence-corrected chi connectivity index (χ3v) is 4.64. The third-order valence-electron chi connectivity index (χ3n) is 3.91. The van der Waals surface area contributed by atoms with E-state index in [1.54, 1.807) is 23.3 Å². The molecule has 1 amide bonds. The van der Waals surface area contributed by atoms with Gasteiger partial charge in [0, 0.05) is 19.7 Å². The topological polar surface area (TPSA) is 38.8 Å². The van der Waals surface area contributed by atoms with Crippen LogP contribution in [0.15, 0.2) is 35.0 Å². The van der Waals surface area contributed by atoms with Crippen LogP contribution in [0, 0.1) is 5.92 Å². The quantitative estimate of drug-likeness (QED) is 0.870. The fourth-order valence-electron chi connectivity index (χ4n) is 2.68. The van der Waals surface area contributed by atoms with Crippen molar-refractivity contribution in [2.45, 2.75) is 13.0 Å². The molecule has 22 heavy (non-hydrogen) atoms. The summed E-state index contributed by atoms with van der Waals surface area (Å²) in [6, 6.07) is 7.81. The van der Waals surface area contributed by atoms with Gasteiger partial charge in [-0.2, -0.15) is 11.3 Å². The second kappa shape index (κ2) is 6.40. The highest BCUT2D eigenvalue weighted by Crippen LogP contribution is 2.31. The van der Waals surface area contributed by atoms with E-state index in [0.717, 1.165) is 17.1 Å². The van der Waals surface area contributed by atoms with E-state index in [9.17, 15) is 4.79 Å². The molecule has 0 N–H and O–H groups in total. The molecule has 4 nitrogen and oxygen atoms in total. The van der Waals surface area contributed by atoms with Crippen LogP contribution in [0.1, 0.15) is 11.1 Å². The van der Waals surface area contributed by atoms with Crippen molar-refractivity contribution in [1.82, 2.24) is 4.90 Å². The lowest BCUT2D eigenvalue weighted by Gasteiger charge is -2.28. The normalized spacial score (nSPS) is 16.5. The second-order valence-electron chi connectivity index (χ2n) is 5.51. The molecular weight excluding hydrogens is 298 g/mol. The van der Waals surface area contributed by atoms with Gasteiger partial charge in [-0.05, 0) is 40.4 Å². The Hall–Kier alpha value is -2.01. The molecule has 5 heteroatoms. The average molecular weight is 317 g/mol. The van der Waals surface area contributed by atoms with Crippen LogP contribution >= 0.6 is 11.3 Å². The summed E-state index contributed by atoms with van der Waals surface area (Å²) >= 11 is 1.65. The Kier molecular flexibility index (Phi) is 4.34. The molecule has 2 aromatic rings. The summed E-state index contributed by atoms with van der Waals surface area (Å²) in [5.41, 5.74) is 2.23. The van der Waals surface area contributed by atoms with Crippen LogP contribution in [0.4, 0.5) is 0 Å². The molecule has 1 aromatic heterocycles. The van der Waals surface area contributed by atoms with Crippen molar-refractivity contribution in [2.24, 2.45) is 5.92 Å². The van der Waals surface area contributed by atoms with Gasteiger partial charge in [-0.1, -0.05) is 6.07 Å². The monoisotopic (exact) mass is 317 g/mol. The first kappa shape index (κ1) is 14.9. The minimum absolute atomic E-state index is 0.121. The first-order valence-electron chi connectivity index (χ1n) is 7.23. The number of carbonyl (C=O) groups is 1. The van der Waals surface area contributed by atoms with E-state index < -0.39 is 0 Å². The maximum atomic E-state index is 12.6. The molecule has 1 aliphatic heterocycles. The molecule has 0 saturated carbocycles. The van der Waals surface area contributed by atoms with Gasteiger partial charge in [0.25, 0.3) is 0 Å². The number of rotatable bonds is 4. The van der Waals surface area contributed by atoms with Gasteiger partial charge in [-0.25, -0.2) is 0 Å². The summed E-state index contributed by atoms with van der Waals surface area (Å²) < 4.78 is 11.0. The first-order chi connectivity index (χ1) is 10.7. The summed E-state index contributed by atoms with van der Waals surface area (Å²) in [5, 5.41) is 4.10. The van der Waals surface area contributed by atoms with Crippen LogP contribution in [-0.4, -0.2) is 31.6 Å². The minimum Gasteiger partial charge on any atom is -0.497 e. The maximum absolute atomic E-state index is 12.6. The summed E-state index contributed by atoms with van der Waals surface area (Å²) in [7, 11) is 3.49. The molecule has 0 radical (unpaired) electrons. The Morgan fingerprint density at radius 2 is 2.32 bits per heavy atom. The molecule has 1 aromatic carbocycles. The molecule has 0 saturated heterocycles. The van der Waals surface area contributed by atoms with Gasteiger partial charge < -0.3 is 14.4 Å². The number of methoxy groups -OCH3 is 1. The largest absolute Gasteiger partial charge is 0.497 e. The fourth-order valence-corrected chi connectivity index (χ4v) is 3.34. The third kappa shape index (κ3) is 3.09. The lowest BCUT2D eigenvalue weighted by molar-refractivity contribution is -0.136. The Labute approximate surface area is 134 Å². The standard InChI is InChI=1S/C17H19NO3S/c1-18(9-12-5-6-22-11-12)17(19)14-7-13-3-4-15(20-2)8-16(13)21-10-14/h3-6,8,11,14H,7,9-10H2,1-2H3/t14-/m1/s1. The number of nitrogens with zero attached hydrogens (tertiary/aromatic N) is 1. The van der Waals surface area contributed by atoms with Crippen LogP contribution in [0.2, 0.25) is 0 Å². The number of ether oxygens (including phenoxy) is 2. The number of benzene rings is 1. The van der Waals surface area contributed by atoms with Crippen molar-refractivity contribution in [3.8, 4) is 11.5 Å². The van der Waals surface area contributed by atoms with E-state index in [4.69, 9.17) is 9.47 Å². The smallest absolute Gasteiger partial charge is 0.229 e. The van der Waals surface area contributed by atoms with Crippen molar-refractivity contribution >= 4 is 17.2 Å². The van der Waals surface area contributed by atoms with Gasteiger partial charge in [0.15, 0.2) is 0 Å². The van der Waals surface area contributed by atoms with Gasteiger partial charge in [-0.15, -0.1) is 0 Å². The molecule has 116 valence electrons. The molecule has 0 bridgehead atoms. The minimum atomic E-state index is -0.121. The highest BCUT2D eigenvalue weighted by Gasteiger charge is 2.28. The number of thiophene rings is 1. The maximum Gasteiger partial charge on any atom is 0.229 e. The van der Waals surface area contributed by atoms with E-state index in [1.165, 1.54) is 5.56 Å². The van der Waals surface area contributed by atoms with E-state index in [-0.39, 0.29) is 11.8 Å². The summed E-state index contributed by atoms with van der Waals surface area (Å²) in [6.07, 6.45) is 0.714. The molecule has 2 heterocycles. The molecule has 1 atom stereocenters. The summed E-state index contributed by atoms with van der Waals surface area (Å²) in [6.45, 7) is 1.07. The summed E-state index contributed by atoms with van der Waals surface area (Å²) in [5.74, 6) is 1.61. The van der Waals surface area contributed by atoms with Gasteiger partial charge in [0.1, 0.15) is 18.1 Å². The Morgan fingerprint density at radius 3 is 3.05 bits per heavy atom. The van der Waals surface area contributed by atoms with Gasteiger partial charge >= 0.3 is 0 Å². The SMILES string of the molecule is COc1ccc2c(c1)OC[C@H](C(=O)N(C)Cc1ccsc1)C2. The fraction of sp³-hybridized carbons (Fsp3) is 0.353. The van der Waals surface area contributed by atoms with Crippen molar-refractivity contribution < 1.29 is 14.3 Å². The molecule has 1 aliphatic rings. The number of hydrogen-bond donors (Lipinski definition) is 0. The lowest BCUT2D eigenvalue weighted by Crippen LogP contribution is -2.38. The number of fused-ring (bicyclic) bond motifs is 1. The van der Waals surface area contributed by atoms with Crippen molar-refractivity contribution in [1.29, 1.82) is 0 Å². The average Bonchev–Trinajstić information content (AvgIpc) is 3.06. The van der Waals surface area contributed by atoms with E-state index in [0.29, 0.717) is 19.6 Å². The zero-order chi connectivity index (χ0) is 15.5. The zero-order valence-electron chi connectivity index (χ0n) is 12.7. The lowest BCUT2D eigenvalue weighted by atomic mass is 9.95. The number of amides is 1. The van der Waals surface area contributed by atoms with Crippen LogP contribution in [0.5, 0.6) is 11.5 Å². The molecule has 0 aliphatic carbocycles. The zero-order valence-corrected chi connectivity index (χ0v) is 13.6. The highest BCUT2D eigenvalue weighted by atomic mass is 32.1. The second-order valence-corrected chi connectivity index (χ2v) is 6.29. The van der Waals surface area contributed by atoms with Gasteiger partial charge in [0.2, 0.25) is 5.91 Å². The van der Waals surface area contributed by atoms with Gasteiger partial charge in [-0.3, -0.25) is 4.79 Å². The van der Waals surface area contributed by atoms with Crippen LogP contribution in [0.25, 0.3) is 0 Å². The molecular formula is C17H19NO3S. The van der Waals surface area contributed by atoms with Crippen LogP contribution in [-0.2, 0) is 17.8 Å². The van der Waals surface area contributed by atoms with Crippen LogP contribution in [0.3, 0.4) is 0 Å². The Balaban J connectivity index is 1.67. The van der Waals surface area contributed by atoms with Crippen molar-refractivity contribution in [3.05, 3.63) is 46.2 Å². The van der Waals surface area contributed by atoms with Crippen molar-refractivity contribution in [2.75, 3.05) is 20.8 Å². The molecule has 0 unspecified atom stereocenters. The predicted octanol–water partition coefficient (Wildman–Crippen LogP) is 2.97. The van der Waals surface area contributed by atoms with Crippen molar-refractivity contribution in [3.63, 3.8) is 0 Å². The number of hydrogen-bond acceptors (Lipinski definition) is 4. The Morgan fingerprint density at radius 1 is 1.45 bits per heavy atom. The Bertz CT molecular complexity index is 654. The number of carbonyl (C=O) groups excluding carboxylic acids is 1. The van der Waals surface area contributed by atoms with E-state index >= 15 is 0 Å². The highest BCUT2D eigenvalue weighted by molar-refractivity contribution is 7.07. The van der Waals surface area contributed by atoms with E-state index in [1.807, 2.05) is 36.7 Å². The molecule has 0 fully saturated rings. The van der Waals surface area contributed by atoms with Gasteiger partial charge in [0.05, 0.1) is 13.0 Å².